The maximum absolute atomic E-state index is 15.2. The number of ether oxygens (including phenoxy) is 1. The number of nitrogens with zero attached hydrogens (tertiary/aromatic N) is 5. The number of alkyl halides is 1. The standard InChI is InChI=1S/C16H23FN6O3/c1-16(17)11(25)9(6-24)26-14(16)23-7-19-10-12(22(3)8-4-5-8)20-15(18-2)21-13(10)23/h7-9,11,14,24-25H,4-6H2,1-3H3,(H,18,20,21)/t9-,11-,14-,16-/m1/s1. The van der Waals surface area contributed by atoms with Crippen LogP contribution in [0.5, 0.6) is 0 Å². The lowest BCUT2D eigenvalue weighted by atomic mass is 9.98. The molecular formula is C16H23FN6O3. The molecule has 2 aromatic rings. The molecule has 2 fully saturated rings. The normalized spacial score (nSPS) is 31.5. The number of aliphatic hydroxyl groups excluding tert-OH is 2. The van der Waals surface area contributed by atoms with Crippen LogP contribution in [-0.2, 0) is 4.74 Å². The summed E-state index contributed by atoms with van der Waals surface area (Å²) in [5, 5.41) is 22.4. The Morgan fingerprint density at radius 1 is 1.46 bits per heavy atom. The van der Waals surface area contributed by atoms with Crippen molar-refractivity contribution in [2.45, 2.75) is 49.9 Å². The van der Waals surface area contributed by atoms with E-state index in [1.54, 1.807) is 7.05 Å². The Morgan fingerprint density at radius 3 is 2.77 bits per heavy atom. The van der Waals surface area contributed by atoms with Crippen LogP contribution >= 0.6 is 0 Å². The molecule has 142 valence electrons. The SMILES string of the molecule is CNc1nc(N(C)C2CC2)c2ncn([C@@H]3O[C@H](CO)[C@@H](O)[C@@]3(C)F)c2n1. The van der Waals surface area contributed by atoms with E-state index in [4.69, 9.17) is 4.74 Å². The van der Waals surface area contributed by atoms with Gasteiger partial charge in [-0.1, -0.05) is 0 Å². The fraction of sp³-hybridized carbons (Fsp3) is 0.688. The molecule has 0 spiro atoms. The van der Waals surface area contributed by atoms with Gasteiger partial charge in [0.05, 0.1) is 12.9 Å². The Kier molecular flexibility index (Phi) is 4.01. The Morgan fingerprint density at radius 2 is 2.19 bits per heavy atom. The summed E-state index contributed by atoms with van der Waals surface area (Å²) in [6.45, 7) is 0.775. The minimum Gasteiger partial charge on any atom is -0.394 e. The van der Waals surface area contributed by atoms with E-state index < -0.39 is 30.7 Å². The molecule has 2 aliphatic rings. The molecule has 1 aliphatic heterocycles. The molecule has 26 heavy (non-hydrogen) atoms. The zero-order valence-corrected chi connectivity index (χ0v) is 14.9. The molecule has 9 nitrogen and oxygen atoms in total. The van der Waals surface area contributed by atoms with Crippen LogP contribution < -0.4 is 10.2 Å². The van der Waals surface area contributed by atoms with Crippen LogP contribution in [0.1, 0.15) is 26.0 Å². The lowest BCUT2D eigenvalue weighted by Gasteiger charge is -2.25. The minimum atomic E-state index is -2.10. The number of fused-ring (bicyclic) bond motifs is 1. The van der Waals surface area contributed by atoms with Gasteiger partial charge in [0.15, 0.2) is 28.9 Å². The van der Waals surface area contributed by atoms with Crippen molar-refractivity contribution in [3.63, 3.8) is 0 Å². The van der Waals surface area contributed by atoms with Crippen LogP contribution in [0.3, 0.4) is 0 Å². The van der Waals surface area contributed by atoms with Gasteiger partial charge in [0.1, 0.15) is 12.2 Å². The van der Waals surface area contributed by atoms with Crippen LogP contribution in [0.4, 0.5) is 16.2 Å². The van der Waals surface area contributed by atoms with Gasteiger partial charge in [-0.05, 0) is 19.8 Å². The van der Waals surface area contributed by atoms with Crippen molar-refractivity contribution in [2.24, 2.45) is 0 Å². The summed E-state index contributed by atoms with van der Waals surface area (Å²) in [4.78, 5) is 15.4. The highest BCUT2D eigenvalue weighted by molar-refractivity contribution is 5.85. The molecule has 4 rings (SSSR count). The first kappa shape index (κ1) is 17.4. The number of anilines is 2. The highest BCUT2D eigenvalue weighted by Crippen LogP contribution is 2.43. The summed E-state index contributed by atoms with van der Waals surface area (Å²) < 4.78 is 22.2. The average Bonchev–Trinajstić information content (AvgIpc) is 3.36. The van der Waals surface area contributed by atoms with Crippen molar-refractivity contribution >= 4 is 22.9 Å². The number of imidazole rings is 1. The van der Waals surface area contributed by atoms with Crippen molar-refractivity contribution in [3.05, 3.63) is 6.33 Å². The van der Waals surface area contributed by atoms with Crippen LogP contribution in [0, 0.1) is 0 Å². The van der Waals surface area contributed by atoms with Gasteiger partial charge in [0.25, 0.3) is 0 Å². The number of halogens is 1. The molecule has 10 heteroatoms. The maximum atomic E-state index is 15.2. The molecule has 0 radical (unpaired) electrons. The van der Waals surface area contributed by atoms with Crippen molar-refractivity contribution in [2.75, 3.05) is 30.9 Å². The van der Waals surface area contributed by atoms with Crippen molar-refractivity contribution in [3.8, 4) is 0 Å². The fourth-order valence-corrected chi connectivity index (χ4v) is 3.43. The quantitative estimate of drug-likeness (QED) is 0.700. The van der Waals surface area contributed by atoms with Crippen LogP contribution in [0.2, 0.25) is 0 Å². The second kappa shape index (κ2) is 6.00. The van der Waals surface area contributed by atoms with E-state index in [-0.39, 0.29) is 0 Å². The number of aromatic nitrogens is 4. The summed E-state index contributed by atoms with van der Waals surface area (Å²) in [7, 11) is 3.66. The Hall–Kier alpha value is -2.04. The van der Waals surface area contributed by atoms with Gasteiger partial charge in [-0.2, -0.15) is 9.97 Å². The number of aliphatic hydroxyl groups is 2. The molecule has 2 aromatic heterocycles. The summed E-state index contributed by atoms with van der Waals surface area (Å²) in [6.07, 6.45) is 0.0176. The summed E-state index contributed by atoms with van der Waals surface area (Å²) in [6, 6.07) is 0.415. The van der Waals surface area contributed by atoms with E-state index in [1.807, 2.05) is 7.05 Å². The Bertz CT molecular complexity index is 824. The largest absolute Gasteiger partial charge is 0.394 e. The highest BCUT2D eigenvalue weighted by Gasteiger charge is 2.55. The molecule has 0 aromatic carbocycles. The van der Waals surface area contributed by atoms with E-state index >= 15 is 4.39 Å². The first-order valence-corrected chi connectivity index (χ1v) is 8.67. The van der Waals surface area contributed by atoms with Gasteiger partial charge in [0.2, 0.25) is 5.95 Å². The predicted molar refractivity (Wildman–Crippen MR) is 92.8 cm³/mol. The molecule has 1 saturated carbocycles. The van der Waals surface area contributed by atoms with E-state index in [0.717, 1.165) is 12.8 Å². The van der Waals surface area contributed by atoms with E-state index in [9.17, 15) is 10.2 Å². The van der Waals surface area contributed by atoms with Gasteiger partial charge in [-0.25, -0.2) is 9.37 Å². The van der Waals surface area contributed by atoms with E-state index in [0.29, 0.717) is 29.0 Å². The molecule has 1 saturated heterocycles. The third-order valence-electron chi connectivity index (χ3n) is 5.20. The molecule has 0 bridgehead atoms. The number of nitrogens with one attached hydrogen (secondary N) is 1. The molecule has 0 unspecified atom stereocenters. The van der Waals surface area contributed by atoms with Gasteiger partial charge in [0, 0.05) is 20.1 Å². The molecule has 1 aliphatic carbocycles. The van der Waals surface area contributed by atoms with Gasteiger partial charge >= 0.3 is 0 Å². The third kappa shape index (κ3) is 2.51. The molecule has 3 N–H and O–H groups in total. The number of rotatable bonds is 5. The Balaban J connectivity index is 1.83. The zero-order valence-electron chi connectivity index (χ0n) is 14.9. The third-order valence-corrected chi connectivity index (χ3v) is 5.20. The second-order valence-electron chi connectivity index (χ2n) is 7.09. The van der Waals surface area contributed by atoms with Crippen LogP contribution in [0.15, 0.2) is 6.33 Å². The molecular weight excluding hydrogens is 343 g/mol. The minimum absolute atomic E-state index is 0.388. The summed E-state index contributed by atoms with van der Waals surface area (Å²) >= 11 is 0. The van der Waals surface area contributed by atoms with Crippen LogP contribution in [0.25, 0.3) is 11.2 Å². The van der Waals surface area contributed by atoms with Gasteiger partial charge < -0.3 is 25.2 Å². The summed E-state index contributed by atoms with van der Waals surface area (Å²) in [5.74, 6) is 1.05. The van der Waals surface area contributed by atoms with Gasteiger partial charge in [-0.3, -0.25) is 4.57 Å². The topological polar surface area (TPSA) is 109 Å². The smallest absolute Gasteiger partial charge is 0.226 e. The number of hydrogen-bond acceptors (Lipinski definition) is 8. The monoisotopic (exact) mass is 366 g/mol. The zero-order chi connectivity index (χ0) is 18.6. The van der Waals surface area contributed by atoms with Crippen molar-refractivity contribution in [1.82, 2.24) is 19.5 Å². The maximum Gasteiger partial charge on any atom is 0.226 e. The van der Waals surface area contributed by atoms with Gasteiger partial charge in [-0.15, -0.1) is 0 Å². The molecule has 4 atom stereocenters. The lowest BCUT2D eigenvalue weighted by Crippen LogP contribution is -2.40. The summed E-state index contributed by atoms with van der Waals surface area (Å²) in [5.41, 5.74) is -1.15. The first-order chi connectivity index (χ1) is 12.4. The predicted octanol–water partition coefficient (Wildman–Crippen LogP) is 0.445. The average molecular weight is 366 g/mol. The van der Waals surface area contributed by atoms with Crippen LogP contribution in [-0.4, -0.2) is 74.4 Å². The molecule has 3 heterocycles. The van der Waals surface area contributed by atoms with E-state index in [2.05, 4.69) is 25.2 Å². The fourth-order valence-electron chi connectivity index (χ4n) is 3.43. The lowest BCUT2D eigenvalue weighted by molar-refractivity contribution is -0.0566. The van der Waals surface area contributed by atoms with Crippen molar-refractivity contribution in [1.29, 1.82) is 0 Å². The Labute approximate surface area is 149 Å². The first-order valence-electron chi connectivity index (χ1n) is 8.67. The number of hydrogen-bond donors (Lipinski definition) is 3. The van der Waals surface area contributed by atoms with E-state index in [1.165, 1.54) is 17.8 Å². The highest BCUT2D eigenvalue weighted by atomic mass is 19.1. The molecule has 0 amide bonds. The second-order valence-corrected chi connectivity index (χ2v) is 7.09. The van der Waals surface area contributed by atoms with Crippen molar-refractivity contribution < 1.29 is 19.3 Å².